The maximum Gasteiger partial charge on any atom is 0.326 e. The van der Waals surface area contributed by atoms with Gasteiger partial charge in [0, 0.05) is 19.5 Å². The summed E-state index contributed by atoms with van der Waals surface area (Å²) < 4.78 is 36.4. The summed E-state index contributed by atoms with van der Waals surface area (Å²) in [7, 11) is 3.19. The number of nitrogens with one attached hydrogen (secondary N) is 3. The lowest BCUT2D eigenvalue weighted by Gasteiger charge is -2.36. The van der Waals surface area contributed by atoms with E-state index in [2.05, 4.69) is 20.9 Å². The first kappa shape index (κ1) is 33.3. The van der Waals surface area contributed by atoms with Crippen molar-refractivity contribution in [2.45, 2.75) is 36.5 Å². The first-order chi connectivity index (χ1) is 20.0. The van der Waals surface area contributed by atoms with E-state index in [0.717, 1.165) is 24.1 Å². The molecular weight excluding hydrogens is 560 g/mol. The van der Waals surface area contributed by atoms with Crippen LogP contribution in [0.25, 0.3) is 11.1 Å². The van der Waals surface area contributed by atoms with Gasteiger partial charge < -0.3 is 35.4 Å². The van der Waals surface area contributed by atoms with Crippen molar-refractivity contribution in [1.82, 2.24) is 20.9 Å². The number of methoxy groups -OCH3 is 2. The summed E-state index contributed by atoms with van der Waals surface area (Å²) in [6.07, 6.45) is 1.49. The molecule has 0 spiro atoms. The molecule has 2 aromatic carbocycles. The normalized spacial score (nSPS) is 17.9. The molecule has 1 amide bonds. The molecule has 2 aromatic rings. The third kappa shape index (κ3) is 8.21. The molecule has 4 N–H and O–H groups in total. The Balaban J connectivity index is 1.74. The maximum atomic E-state index is 13.6. The topological polar surface area (TPSA) is 146 Å². The molecule has 3 rings (SSSR count). The number of benzene rings is 2. The van der Waals surface area contributed by atoms with Crippen molar-refractivity contribution in [3.05, 3.63) is 48.0 Å². The molecule has 1 aliphatic heterocycles. The van der Waals surface area contributed by atoms with Crippen LogP contribution < -0.4 is 25.4 Å². The zero-order valence-electron chi connectivity index (χ0n) is 24.9. The predicted molar refractivity (Wildman–Crippen MR) is 163 cm³/mol. The molecule has 1 fully saturated rings. The SMILES string of the molecule is COc1cccc(OC)c1-c1ccc(C[C@H](NC(=O)C2(S(=O)(=O)CCNCCCN(C)C)CCCNC2)C(=O)O)cc1. The highest BCUT2D eigenvalue weighted by molar-refractivity contribution is 7.93. The molecule has 0 aliphatic carbocycles. The average Bonchev–Trinajstić information content (AvgIpc) is 2.98. The minimum atomic E-state index is -3.91. The van der Waals surface area contributed by atoms with Gasteiger partial charge in [0.1, 0.15) is 17.5 Å². The zero-order chi connectivity index (χ0) is 30.8. The monoisotopic (exact) mass is 604 g/mol. The van der Waals surface area contributed by atoms with Crippen LogP contribution >= 0.6 is 0 Å². The summed E-state index contributed by atoms with van der Waals surface area (Å²) in [5, 5.41) is 18.7. The van der Waals surface area contributed by atoms with E-state index < -0.39 is 32.5 Å². The molecule has 42 heavy (non-hydrogen) atoms. The van der Waals surface area contributed by atoms with Crippen LogP contribution in [0.15, 0.2) is 42.5 Å². The number of amides is 1. The van der Waals surface area contributed by atoms with Gasteiger partial charge in [0.25, 0.3) is 0 Å². The first-order valence-corrected chi connectivity index (χ1v) is 15.8. The number of sulfone groups is 1. The van der Waals surface area contributed by atoms with Crippen LogP contribution in [0.1, 0.15) is 24.8 Å². The van der Waals surface area contributed by atoms with Gasteiger partial charge in [-0.3, -0.25) is 4.79 Å². The number of carbonyl (C=O) groups is 2. The van der Waals surface area contributed by atoms with Gasteiger partial charge in [-0.05, 0) is 76.3 Å². The second kappa shape index (κ2) is 15.3. The largest absolute Gasteiger partial charge is 0.496 e. The molecule has 0 radical (unpaired) electrons. The minimum absolute atomic E-state index is 0.0125. The Bertz CT molecular complexity index is 1270. The summed E-state index contributed by atoms with van der Waals surface area (Å²) in [5.74, 6) is -0.957. The molecule has 11 nitrogen and oxygen atoms in total. The van der Waals surface area contributed by atoms with Crippen LogP contribution in [0.2, 0.25) is 0 Å². The Morgan fingerprint density at radius 3 is 2.29 bits per heavy atom. The van der Waals surface area contributed by atoms with Crippen molar-refractivity contribution in [2.24, 2.45) is 0 Å². The fourth-order valence-electron chi connectivity index (χ4n) is 5.19. The second-order valence-corrected chi connectivity index (χ2v) is 13.2. The lowest BCUT2D eigenvalue weighted by atomic mass is 9.96. The molecule has 1 unspecified atom stereocenters. The number of aliphatic carboxylic acids is 1. The fraction of sp³-hybridized carbons (Fsp3) is 0.533. The van der Waals surface area contributed by atoms with Crippen LogP contribution in [0.4, 0.5) is 0 Å². The molecule has 12 heteroatoms. The number of carboxylic acid groups (broad SMARTS) is 1. The van der Waals surface area contributed by atoms with Gasteiger partial charge >= 0.3 is 5.97 Å². The van der Waals surface area contributed by atoms with E-state index in [4.69, 9.17) is 9.47 Å². The van der Waals surface area contributed by atoms with Crippen molar-refractivity contribution < 1.29 is 32.6 Å². The number of piperidine rings is 1. The van der Waals surface area contributed by atoms with E-state index in [-0.39, 0.29) is 31.7 Å². The standard InChI is InChI=1S/C30H44N4O7S/c1-34(2)18-7-16-31-17-19-42(38,39)30(14-6-15-32-21-30)29(37)33-24(28(35)36)20-22-10-12-23(13-11-22)27-25(40-3)8-5-9-26(27)41-4/h5,8-13,24,31-32H,6-7,14-21H2,1-4H3,(H,33,37)(H,35,36)/t24-,30?/m0/s1. The molecule has 1 saturated heterocycles. The number of carbonyl (C=O) groups excluding carboxylic acids is 1. The molecule has 1 aliphatic rings. The zero-order valence-corrected chi connectivity index (χ0v) is 25.8. The van der Waals surface area contributed by atoms with E-state index in [0.29, 0.717) is 36.6 Å². The molecule has 0 saturated carbocycles. The summed E-state index contributed by atoms with van der Waals surface area (Å²) in [4.78, 5) is 27.9. The van der Waals surface area contributed by atoms with Gasteiger partial charge in [0.2, 0.25) is 5.91 Å². The number of hydrogen-bond donors (Lipinski definition) is 4. The number of hydrogen-bond acceptors (Lipinski definition) is 9. The van der Waals surface area contributed by atoms with Crippen LogP contribution in [0.5, 0.6) is 11.5 Å². The number of ether oxygens (including phenoxy) is 2. The first-order valence-electron chi connectivity index (χ1n) is 14.2. The minimum Gasteiger partial charge on any atom is -0.496 e. The van der Waals surface area contributed by atoms with E-state index in [1.54, 1.807) is 26.4 Å². The predicted octanol–water partition coefficient (Wildman–Crippen LogP) is 1.56. The number of rotatable bonds is 16. The highest BCUT2D eigenvalue weighted by Gasteiger charge is 2.51. The van der Waals surface area contributed by atoms with Gasteiger partial charge in [0.05, 0.1) is 25.5 Å². The van der Waals surface area contributed by atoms with Crippen molar-refractivity contribution in [3.8, 4) is 22.6 Å². The van der Waals surface area contributed by atoms with Crippen molar-refractivity contribution >= 4 is 21.7 Å². The van der Waals surface area contributed by atoms with Crippen molar-refractivity contribution in [2.75, 3.05) is 66.8 Å². The number of nitrogens with zero attached hydrogens (tertiary/aromatic N) is 1. The third-order valence-electron chi connectivity index (χ3n) is 7.57. The van der Waals surface area contributed by atoms with E-state index in [1.165, 1.54) is 0 Å². The Labute approximate surface area is 248 Å². The summed E-state index contributed by atoms with van der Waals surface area (Å²) in [6, 6.07) is 11.4. The summed E-state index contributed by atoms with van der Waals surface area (Å²) in [6.45, 7) is 2.30. The molecule has 0 aromatic heterocycles. The van der Waals surface area contributed by atoms with Crippen LogP contribution in [-0.4, -0.2) is 108 Å². The fourth-order valence-corrected chi connectivity index (χ4v) is 7.12. The van der Waals surface area contributed by atoms with Crippen molar-refractivity contribution in [1.29, 1.82) is 0 Å². The summed E-state index contributed by atoms with van der Waals surface area (Å²) in [5.41, 5.74) is 2.25. The van der Waals surface area contributed by atoms with Gasteiger partial charge in [-0.2, -0.15) is 0 Å². The average molecular weight is 605 g/mol. The Morgan fingerprint density at radius 1 is 1.07 bits per heavy atom. The molecular formula is C30H44N4O7S. The molecule has 2 atom stereocenters. The quantitative estimate of drug-likeness (QED) is 0.208. The van der Waals surface area contributed by atoms with Gasteiger partial charge in [-0.15, -0.1) is 0 Å². The number of carboxylic acids is 1. The lowest BCUT2D eigenvalue weighted by Crippen LogP contribution is -2.63. The molecule has 232 valence electrons. The van der Waals surface area contributed by atoms with Crippen LogP contribution in [0, 0.1) is 0 Å². The van der Waals surface area contributed by atoms with Crippen LogP contribution in [0.3, 0.4) is 0 Å². The smallest absolute Gasteiger partial charge is 0.326 e. The summed E-state index contributed by atoms with van der Waals surface area (Å²) >= 11 is 0. The van der Waals surface area contributed by atoms with Gasteiger partial charge in [-0.1, -0.05) is 30.3 Å². The molecule has 1 heterocycles. The van der Waals surface area contributed by atoms with Gasteiger partial charge in [0.15, 0.2) is 14.6 Å². The second-order valence-electron chi connectivity index (χ2n) is 10.8. The van der Waals surface area contributed by atoms with E-state index in [9.17, 15) is 23.1 Å². The highest BCUT2D eigenvalue weighted by Crippen LogP contribution is 2.38. The van der Waals surface area contributed by atoms with Crippen LogP contribution in [-0.2, 0) is 25.8 Å². The third-order valence-corrected chi connectivity index (χ3v) is 10.0. The Hall–Kier alpha value is -3.19. The molecule has 0 bridgehead atoms. The van der Waals surface area contributed by atoms with E-state index >= 15 is 0 Å². The highest BCUT2D eigenvalue weighted by atomic mass is 32.2. The van der Waals surface area contributed by atoms with Crippen molar-refractivity contribution in [3.63, 3.8) is 0 Å². The Morgan fingerprint density at radius 2 is 1.74 bits per heavy atom. The Kier molecular flexibility index (Phi) is 12.2. The maximum absolute atomic E-state index is 13.6. The lowest BCUT2D eigenvalue weighted by molar-refractivity contribution is -0.142. The van der Waals surface area contributed by atoms with Gasteiger partial charge in [-0.25, -0.2) is 13.2 Å². The van der Waals surface area contributed by atoms with E-state index in [1.807, 2.05) is 44.4 Å².